The lowest BCUT2D eigenvalue weighted by Crippen LogP contribution is -2.03. The maximum Gasteiger partial charge on any atom is 0.518 e. The molecule has 16 heavy (non-hydrogen) atoms. The third-order valence-electron chi connectivity index (χ3n) is 1.37. The monoisotopic (exact) mass is 242 g/mol. The molecule has 0 unspecified atom stereocenters. The Kier molecular flexibility index (Phi) is 6.21. The smallest absolute Gasteiger partial charge is 0.403 e. The van der Waals surface area contributed by atoms with Crippen LogP contribution in [0.15, 0.2) is 23.7 Å². The van der Waals surface area contributed by atoms with Gasteiger partial charge in [0, 0.05) is 11.1 Å². The van der Waals surface area contributed by atoms with Crippen LogP contribution >= 0.6 is 0 Å². The molecule has 0 saturated carbocycles. The van der Waals surface area contributed by atoms with Gasteiger partial charge >= 0.3 is 6.16 Å². The van der Waals surface area contributed by atoms with Gasteiger partial charge in [-0.05, 0) is 13.8 Å². The molecular formula is C9H10F4O3. The van der Waals surface area contributed by atoms with Crippen LogP contribution in [0.2, 0.25) is 0 Å². The molecule has 0 aliphatic rings. The molecule has 0 radical (unpaired) electrons. The number of carbonyl (C=O) groups excluding carboxylic acids is 1. The highest BCUT2D eigenvalue weighted by Gasteiger charge is 2.09. The molecule has 0 aromatic carbocycles. The molecule has 92 valence electrons. The van der Waals surface area contributed by atoms with E-state index in [2.05, 4.69) is 9.47 Å². The van der Waals surface area contributed by atoms with E-state index in [0.717, 1.165) is 13.8 Å². The van der Waals surface area contributed by atoms with E-state index in [4.69, 9.17) is 0 Å². The second kappa shape index (κ2) is 6.86. The summed E-state index contributed by atoms with van der Waals surface area (Å²) in [6.07, 6.45) is -5.88. The van der Waals surface area contributed by atoms with Crippen molar-refractivity contribution >= 4 is 6.16 Å². The Hall–Kier alpha value is -1.53. The number of allylic oxidation sites excluding steroid dienone is 2. The first kappa shape index (κ1) is 14.5. The quantitative estimate of drug-likeness (QED) is 0.430. The molecular weight excluding hydrogens is 232 g/mol. The van der Waals surface area contributed by atoms with Gasteiger partial charge < -0.3 is 9.47 Å². The Bertz CT molecular complexity index is 269. The lowest BCUT2D eigenvalue weighted by atomic mass is 10.4. The highest BCUT2D eigenvalue weighted by atomic mass is 19.3. The fourth-order valence-electron chi connectivity index (χ4n) is 0.413. The summed E-state index contributed by atoms with van der Waals surface area (Å²) in [5.41, 5.74) is -0.960. The molecule has 0 aromatic rings. The molecule has 3 nitrogen and oxygen atoms in total. The van der Waals surface area contributed by atoms with Crippen LogP contribution in [0.1, 0.15) is 13.8 Å². The van der Waals surface area contributed by atoms with Gasteiger partial charge in [-0.25, -0.2) is 22.4 Å². The average molecular weight is 242 g/mol. The summed E-state index contributed by atoms with van der Waals surface area (Å²) in [5, 5.41) is 0. The van der Waals surface area contributed by atoms with Crippen LogP contribution in [0.25, 0.3) is 0 Å². The SMILES string of the molecule is CC(=COC(=O)OC=C(C)C(F)F)C(F)F. The highest BCUT2D eigenvalue weighted by molar-refractivity contribution is 5.61. The maximum absolute atomic E-state index is 11.9. The minimum absolute atomic E-state index is 0.480. The Morgan fingerprint density at radius 2 is 1.25 bits per heavy atom. The molecule has 0 fully saturated rings. The van der Waals surface area contributed by atoms with E-state index in [1.807, 2.05) is 0 Å². The molecule has 0 spiro atoms. The van der Waals surface area contributed by atoms with E-state index in [-0.39, 0.29) is 0 Å². The van der Waals surface area contributed by atoms with E-state index < -0.39 is 30.2 Å². The second-order valence-corrected chi connectivity index (χ2v) is 2.81. The summed E-state index contributed by atoms with van der Waals surface area (Å²) in [4.78, 5) is 10.7. The van der Waals surface area contributed by atoms with Crippen LogP contribution in [0, 0.1) is 0 Å². The minimum atomic E-state index is -2.76. The molecule has 7 heteroatoms. The lowest BCUT2D eigenvalue weighted by Gasteiger charge is -2.01. The third kappa shape index (κ3) is 6.05. The first-order chi connectivity index (χ1) is 7.34. The zero-order chi connectivity index (χ0) is 12.7. The van der Waals surface area contributed by atoms with Gasteiger partial charge in [0.05, 0.1) is 0 Å². The molecule has 0 heterocycles. The summed E-state index contributed by atoms with van der Waals surface area (Å²) < 4.78 is 55.8. The summed E-state index contributed by atoms with van der Waals surface area (Å²) in [6.45, 7) is 2.08. The van der Waals surface area contributed by atoms with Crippen molar-refractivity contribution in [2.75, 3.05) is 0 Å². The molecule has 0 amide bonds. The van der Waals surface area contributed by atoms with Gasteiger partial charge in [0.2, 0.25) is 0 Å². The van der Waals surface area contributed by atoms with Crippen molar-refractivity contribution in [3.63, 3.8) is 0 Å². The van der Waals surface area contributed by atoms with Crippen molar-refractivity contribution in [3.05, 3.63) is 23.7 Å². The lowest BCUT2D eigenvalue weighted by molar-refractivity contribution is 0.112. The Labute approximate surface area is 89.3 Å². The number of carbonyl (C=O) groups is 1. The molecule has 0 N–H and O–H groups in total. The summed E-state index contributed by atoms with van der Waals surface area (Å²) >= 11 is 0. The van der Waals surface area contributed by atoms with Gasteiger partial charge in [-0.2, -0.15) is 0 Å². The first-order valence-corrected chi connectivity index (χ1v) is 4.11. The third-order valence-corrected chi connectivity index (χ3v) is 1.37. The standard InChI is InChI=1S/C9H10F4O3/c1-5(7(10)11)3-15-9(14)16-4-6(2)8(12)13/h3-4,7-8H,1-2H3. The van der Waals surface area contributed by atoms with E-state index in [9.17, 15) is 22.4 Å². The Morgan fingerprint density at radius 1 is 0.938 bits per heavy atom. The largest absolute Gasteiger partial charge is 0.518 e. The number of rotatable bonds is 4. The summed E-state index contributed by atoms with van der Waals surface area (Å²) in [6, 6.07) is 0. The van der Waals surface area contributed by atoms with Crippen molar-refractivity contribution in [1.82, 2.24) is 0 Å². The predicted octanol–water partition coefficient (Wildman–Crippen LogP) is 3.48. The van der Waals surface area contributed by atoms with Crippen LogP contribution in [-0.2, 0) is 9.47 Å². The first-order valence-electron chi connectivity index (χ1n) is 4.11. The fraction of sp³-hybridized carbons (Fsp3) is 0.444. The Morgan fingerprint density at radius 3 is 1.50 bits per heavy atom. The van der Waals surface area contributed by atoms with E-state index in [0.29, 0.717) is 12.5 Å². The van der Waals surface area contributed by atoms with Crippen molar-refractivity contribution in [2.45, 2.75) is 26.7 Å². The predicted molar refractivity (Wildman–Crippen MR) is 47.1 cm³/mol. The molecule has 0 aliphatic carbocycles. The van der Waals surface area contributed by atoms with Gasteiger partial charge in [0.25, 0.3) is 12.9 Å². The molecule has 0 rings (SSSR count). The van der Waals surface area contributed by atoms with Gasteiger partial charge in [-0.3, -0.25) is 0 Å². The topological polar surface area (TPSA) is 35.5 Å². The number of hydrogen-bond acceptors (Lipinski definition) is 3. The number of hydrogen-bond donors (Lipinski definition) is 0. The highest BCUT2D eigenvalue weighted by Crippen LogP contribution is 2.09. The normalized spacial score (nSPS) is 13.2. The molecule has 0 saturated heterocycles. The van der Waals surface area contributed by atoms with Crippen LogP contribution in [0.5, 0.6) is 0 Å². The van der Waals surface area contributed by atoms with Gasteiger partial charge in [-0.1, -0.05) is 0 Å². The van der Waals surface area contributed by atoms with Gasteiger partial charge in [0.15, 0.2) is 0 Å². The summed E-state index contributed by atoms with van der Waals surface area (Å²) in [5.74, 6) is 0. The van der Waals surface area contributed by atoms with Crippen LogP contribution < -0.4 is 0 Å². The second-order valence-electron chi connectivity index (χ2n) is 2.81. The average Bonchev–Trinajstić information content (AvgIpc) is 2.21. The zero-order valence-electron chi connectivity index (χ0n) is 8.55. The van der Waals surface area contributed by atoms with Crippen molar-refractivity contribution in [3.8, 4) is 0 Å². The van der Waals surface area contributed by atoms with Crippen LogP contribution in [-0.4, -0.2) is 19.0 Å². The molecule has 0 bridgehead atoms. The van der Waals surface area contributed by atoms with E-state index in [1.54, 1.807) is 0 Å². The zero-order valence-corrected chi connectivity index (χ0v) is 8.55. The van der Waals surface area contributed by atoms with E-state index >= 15 is 0 Å². The maximum atomic E-state index is 11.9. The molecule has 0 aromatic heterocycles. The summed E-state index contributed by atoms with van der Waals surface area (Å²) in [7, 11) is 0. The molecule has 0 atom stereocenters. The Balaban J connectivity index is 4.11. The fourth-order valence-corrected chi connectivity index (χ4v) is 0.413. The van der Waals surface area contributed by atoms with Gasteiger partial charge in [-0.15, -0.1) is 0 Å². The number of halogens is 4. The minimum Gasteiger partial charge on any atom is -0.403 e. The number of alkyl halides is 4. The van der Waals surface area contributed by atoms with Crippen molar-refractivity contribution < 1.29 is 31.8 Å². The number of ether oxygens (including phenoxy) is 2. The van der Waals surface area contributed by atoms with E-state index in [1.165, 1.54) is 0 Å². The van der Waals surface area contributed by atoms with Crippen molar-refractivity contribution in [1.29, 1.82) is 0 Å². The van der Waals surface area contributed by atoms with Gasteiger partial charge in [0.1, 0.15) is 12.5 Å². The molecule has 0 aliphatic heterocycles. The van der Waals surface area contributed by atoms with Crippen LogP contribution in [0.4, 0.5) is 22.4 Å². The van der Waals surface area contributed by atoms with Crippen LogP contribution in [0.3, 0.4) is 0 Å². The van der Waals surface area contributed by atoms with Crippen molar-refractivity contribution in [2.24, 2.45) is 0 Å².